The van der Waals surface area contributed by atoms with Crippen LogP contribution in [-0.4, -0.2) is 39.1 Å². The number of aromatic nitrogens is 8. The highest BCUT2D eigenvalue weighted by Crippen LogP contribution is 2.28. The number of nitrogens with zero attached hydrogens (tertiary/aromatic N) is 10. The summed E-state index contributed by atoms with van der Waals surface area (Å²) >= 11 is 0. The minimum absolute atomic E-state index is 0.00124. The van der Waals surface area contributed by atoms with Crippen molar-refractivity contribution in [2.24, 2.45) is 10.8 Å². The van der Waals surface area contributed by atoms with Crippen molar-refractivity contribution in [1.82, 2.24) is 39.1 Å². The van der Waals surface area contributed by atoms with Crippen LogP contribution in [0, 0.1) is 33.5 Å². The van der Waals surface area contributed by atoms with Crippen LogP contribution in [0.4, 0.5) is 0 Å². The van der Waals surface area contributed by atoms with Gasteiger partial charge in [0.15, 0.2) is 11.3 Å². The summed E-state index contributed by atoms with van der Waals surface area (Å²) in [5, 5.41) is 24.1. The van der Waals surface area contributed by atoms with Crippen LogP contribution in [0.2, 0.25) is 0 Å². The number of rotatable bonds is 9. The van der Waals surface area contributed by atoms with Gasteiger partial charge < -0.3 is 4.74 Å². The SMILES string of the molecule is CC(C)(C)Cn1c2nc(C#N)ncc2c(=O)n1Cc1ccc(-c2ccccc2)cc1.CC(C)(C)Cn1nc(OCc2ccc(-c3ccccc3)cc2)c2cnc(C#N)nc21. The minimum atomic E-state index is -0.147. The minimum Gasteiger partial charge on any atom is -0.471 e. The Morgan fingerprint density at radius 3 is 1.58 bits per heavy atom. The van der Waals surface area contributed by atoms with Gasteiger partial charge in [0, 0.05) is 25.5 Å². The first-order chi connectivity index (χ1) is 28.8. The summed E-state index contributed by atoms with van der Waals surface area (Å²) < 4.78 is 11.4. The van der Waals surface area contributed by atoms with Crippen LogP contribution in [0.3, 0.4) is 0 Å². The maximum Gasteiger partial charge on any atom is 0.278 e. The Labute approximate surface area is 349 Å². The van der Waals surface area contributed by atoms with E-state index in [0.717, 1.165) is 27.8 Å². The van der Waals surface area contributed by atoms with E-state index in [4.69, 9.17) is 10.00 Å². The van der Waals surface area contributed by atoms with Crippen molar-refractivity contribution in [3.63, 3.8) is 0 Å². The molecule has 60 heavy (non-hydrogen) atoms. The van der Waals surface area contributed by atoms with Crippen molar-refractivity contribution in [1.29, 1.82) is 10.5 Å². The summed E-state index contributed by atoms with van der Waals surface area (Å²) in [5.41, 5.74) is 7.59. The van der Waals surface area contributed by atoms with E-state index in [2.05, 4.69) is 127 Å². The average molecular weight is 795 g/mol. The largest absolute Gasteiger partial charge is 0.471 e. The molecule has 8 rings (SSSR count). The van der Waals surface area contributed by atoms with Gasteiger partial charge in [-0.05, 0) is 44.2 Å². The summed E-state index contributed by atoms with van der Waals surface area (Å²) in [5.74, 6) is 0.668. The highest BCUT2D eigenvalue weighted by molar-refractivity contribution is 5.80. The molecule has 0 spiro atoms. The van der Waals surface area contributed by atoms with E-state index in [1.807, 2.05) is 65.4 Å². The topological polar surface area (TPSA) is 153 Å². The predicted octanol–water partition coefficient (Wildman–Crippen LogP) is 9.22. The van der Waals surface area contributed by atoms with Crippen molar-refractivity contribution < 1.29 is 4.74 Å². The number of fused-ring (bicyclic) bond motifs is 2. The zero-order valence-corrected chi connectivity index (χ0v) is 34.7. The average Bonchev–Trinajstić information content (AvgIpc) is 3.71. The number of hydrogen-bond donors (Lipinski definition) is 0. The van der Waals surface area contributed by atoms with E-state index in [1.165, 1.54) is 11.8 Å². The zero-order chi connectivity index (χ0) is 42.4. The second-order valence-electron chi connectivity index (χ2n) is 17.0. The van der Waals surface area contributed by atoms with Crippen molar-refractivity contribution in [2.45, 2.75) is 67.8 Å². The molecule has 0 aliphatic carbocycles. The third-order valence-electron chi connectivity index (χ3n) is 9.50. The van der Waals surface area contributed by atoms with Gasteiger partial charge >= 0.3 is 0 Å². The normalized spacial score (nSPS) is 11.5. The van der Waals surface area contributed by atoms with E-state index >= 15 is 0 Å². The van der Waals surface area contributed by atoms with Gasteiger partial charge in [-0.2, -0.15) is 20.5 Å². The fourth-order valence-corrected chi connectivity index (χ4v) is 6.74. The molecule has 4 aromatic heterocycles. The molecule has 0 bridgehead atoms. The first-order valence-electron chi connectivity index (χ1n) is 19.7. The molecule has 300 valence electrons. The summed E-state index contributed by atoms with van der Waals surface area (Å²) in [7, 11) is 0. The molecule has 0 aliphatic rings. The maximum absolute atomic E-state index is 13.1. The van der Waals surface area contributed by atoms with Crippen LogP contribution in [0.25, 0.3) is 44.3 Å². The van der Waals surface area contributed by atoms with Gasteiger partial charge in [0.25, 0.3) is 5.56 Å². The van der Waals surface area contributed by atoms with Crippen molar-refractivity contribution >= 4 is 22.1 Å². The van der Waals surface area contributed by atoms with Crippen LogP contribution < -0.4 is 10.3 Å². The first-order valence-corrected chi connectivity index (χ1v) is 19.7. The van der Waals surface area contributed by atoms with E-state index < -0.39 is 0 Å². The molecule has 12 nitrogen and oxygen atoms in total. The molecule has 0 atom stereocenters. The lowest BCUT2D eigenvalue weighted by molar-refractivity contribution is 0.281. The lowest BCUT2D eigenvalue weighted by Gasteiger charge is -2.22. The molecule has 0 unspecified atom stereocenters. The number of ether oxygens (including phenoxy) is 1. The van der Waals surface area contributed by atoms with Crippen molar-refractivity contribution in [2.75, 3.05) is 0 Å². The molecule has 0 amide bonds. The number of hydrogen-bond acceptors (Lipinski definition) is 9. The van der Waals surface area contributed by atoms with E-state index in [9.17, 15) is 10.1 Å². The molecule has 4 heterocycles. The van der Waals surface area contributed by atoms with Gasteiger partial charge in [-0.25, -0.2) is 19.3 Å². The lowest BCUT2D eigenvalue weighted by atomic mass is 9.97. The number of nitriles is 2. The molecule has 0 aliphatic heterocycles. The first kappa shape index (κ1) is 40.7. The van der Waals surface area contributed by atoms with E-state index in [0.29, 0.717) is 54.2 Å². The Morgan fingerprint density at radius 1 is 0.583 bits per heavy atom. The van der Waals surface area contributed by atoms with Gasteiger partial charge in [-0.3, -0.25) is 9.48 Å². The summed E-state index contributed by atoms with van der Waals surface area (Å²) in [6.45, 7) is 14.7. The molecule has 12 heteroatoms. The van der Waals surface area contributed by atoms with E-state index in [1.54, 1.807) is 15.6 Å². The highest BCUT2D eigenvalue weighted by atomic mass is 16.5. The molecule has 8 aromatic rings. The Balaban J connectivity index is 0.000000181. The quantitative estimate of drug-likeness (QED) is 0.139. The maximum atomic E-state index is 13.1. The van der Waals surface area contributed by atoms with Gasteiger partial charge in [0.05, 0.1) is 6.54 Å². The highest BCUT2D eigenvalue weighted by Gasteiger charge is 2.22. The molecular weight excluding hydrogens is 749 g/mol. The third-order valence-corrected chi connectivity index (χ3v) is 9.50. The van der Waals surface area contributed by atoms with Crippen LogP contribution in [0.1, 0.15) is 64.3 Å². The predicted molar refractivity (Wildman–Crippen MR) is 233 cm³/mol. The standard InChI is InChI=1S/2C24H23N5O/c1-24(2,3)16-29-22-20(14-26-21(13-25)27-22)23(28-29)30-15-17-9-11-19(12-10-17)18-7-5-4-6-8-18;1-24(2,3)16-29-22-20(14-26-21(13-25)27-22)23(30)28(29)15-17-9-11-19(12-10-17)18-7-5-4-6-8-18/h2*4-12,14H,15-16H2,1-3H3. The van der Waals surface area contributed by atoms with Crippen LogP contribution in [-0.2, 0) is 26.2 Å². The lowest BCUT2D eigenvalue weighted by Crippen LogP contribution is -2.28. The van der Waals surface area contributed by atoms with E-state index in [-0.39, 0.29) is 28.0 Å². The Morgan fingerprint density at radius 2 is 1.07 bits per heavy atom. The molecular formula is C48H46N10O2. The van der Waals surface area contributed by atoms with Crippen molar-refractivity contribution in [3.05, 3.63) is 155 Å². The molecule has 0 radical (unpaired) electrons. The fraction of sp³-hybridized carbons (Fsp3) is 0.250. The zero-order valence-electron chi connectivity index (χ0n) is 34.7. The molecule has 4 aromatic carbocycles. The Bertz CT molecular complexity index is 2890. The van der Waals surface area contributed by atoms with Crippen LogP contribution in [0.5, 0.6) is 5.88 Å². The van der Waals surface area contributed by atoms with Gasteiger partial charge in [0.1, 0.15) is 29.5 Å². The van der Waals surface area contributed by atoms with Gasteiger partial charge in [-0.15, -0.1) is 5.10 Å². The molecule has 0 fully saturated rings. The van der Waals surface area contributed by atoms with Gasteiger partial charge in [-0.1, -0.05) is 151 Å². The summed E-state index contributed by atoms with van der Waals surface area (Å²) in [6, 6.07) is 40.9. The van der Waals surface area contributed by atoms with Crippen molar-refractivity contribution in [3.8, 4) is 40.3 Å². The molecule has 0 saturated carbocycles. The third kappa shape index (κ3) is 9.63. The summed E-state index contributed by atoms with van der Waals surface area (Å²) in [4.78, 5) is 29.9. The second-order valence-corrected chi connectivity index (χ2v) is 17.0. The summed E-state index contributed by atoms with van der Waals surface area (Å²) in [6.07, 6.45) is 3.07. The monoisotopic (exact) mass is 794 g/mol. The Hall–Kier alpha value is -7.44. The second kappa shape index (κ2) is 17.2. The van der Waals surface area contributed by atoms with Gasteiger partial charge in [0.2, 0.25) is 17.5 Å². The van der Waals surface area contributed by atoms with Crippen LogP contribution >= 0.6 is 0 Å². The fourth-order valence-electron chi connectivity index (χ4n) is 6.74. The molecule has 0 saturated heterocycles. The molecule has 0 N–H and O–H groups in total. The van der Waals surface area contributed by atoms with Crippen LogP contribution in [0.15, 0.2) is 126 Å². The Kier molecular flexibility index (Phi) is 11.7. The smallest absolute Gasteiger partial charge is 0.278 e. The number of benzene rings is 4.